The van der Waals surface area contributed by atoms with Crippen molar-refractivity contribution in [3.8, 4) is 0 Å². The molecule has 3 fully saturated rings. The summed E-state index contributed by atoms with van der Waals surface area (Å²) in [5.74, 6) is -6.59. The van der Waals surface area contributed by atoms with Gasteiger partial charge in [-0.25, -0.2) is 4.79 Å². The Morgan fingerprint density at radius 3 is 2.11 bits per heavy atom. The van der Waals surface area contributed by atoms with E-state index in [1.165, 1.54) is 0 Å². The Hall–Kier alpha value is -2.23. The Morgan fingerprint density at radius 1 is 0.894 bits per heavy atom. The number of rotatable bonds is 13. The number of aliphatic hydroxyl groups excluding tert-OH is 11. The number of aliphatic carboxylic acids is 1. The highest BCUT2D eigenvalue weighted by molar-refractivity contribution is 5.78. The number of hydrogen-bond acceptors (Lipinski definition) is 19. The number of carboxylic acids is 1. The Kier molecular flexibility index (Phi) is 13.7. The third kappa shape index (κ3) is 8.69. The van der Waals surface area contributed by atoms with Crippen molar-refractivity contribution in [3.63, 3.8) is 0 Å². The molecule has 3 saturated heterocycles. The second kappa shape index (κ2) is 16.4. The van der Waals surface area contributed by atoms with Crippen molar-refractivity contribution < 1.29 is 99.3 Å². The molecule has 0 spiro atoms. The van der Waals surface area contributed by atoms with Crippen molar-refractivity contribution in [2.75, 3.05) is 26.4 Å². The van der Waals surface area contributed by atoms with E-state index in [2.05, 4.69) is 10.6 Å². The quantitative estimate of drug-likeness (QED) is 0.0852. The molecule has 0 unspecified atom stereocenters. The number of hydrogen-bond donors (Lipinski definition) is 14. The van der Waals surface area contributed by atoms with Crippen LogP contribution < -0.4 is 10.6 Å². The minimum atomic E-state index is -2.90. The maximum absolute atomic E-state index is 12.4. The van der Waals surface area contributed by atoms with E-state index in [0.717, 1.165) is 6.92 Å². The van der Waals surface area contributed by atoms with Gasteiger partial charge in [-0.15, -0.1) is 0 Å². The summed E-state index contributed by atoms with van der Waals surface area (Å²) in [7, 11) is 0. The fraction of sp³-hybridized carbons (Fsp3) is 0.880. The largest absolute Gasteiger partial charge is 0.477 e. The number of carbonyl (C=O) groups is 3. The maximum Gasteiger partial charge on any atom is 0.364 e. The van der Waals surface area contributed by atoms with Crippen LogP contribution >= 0.6 is 0 Å². The second-order valence-electron chi connectivity index (χ2n) is 11.3. The third-order valence-corrected chi connectivity index (χ3v) is 7.97. The van der Waals surface area contributed by atoms with Crippen LogP contribution in [-0.4, -0.2) is 203 Å². The molecule has 272 valence electrons. The molecule has 0 aromatic rings. The lowest BCUT2D eigenvalue weighted by atomic mass is 9.88. The predicted molar refractivity (Wildman–Crippen MR) is 143 cm³/mol. The molecule has 22 heteroatoms. The summed E-state index contributed by atoms with van der Waals surface area (Å²) < 4.78 is 27.1. The molecule has 3 aliphatic rings. The zero-order valence-electron chi connectivity index (χ0n) is 24.8. The van der Waals surface area contributed by atoms with Gasteiger partial charge in [-0.05, 0) is 0 Å². The first-order chi connectivity index (χ1) is 22.0. The number of ether oxygens (including phenoxy) is 5. The molecule has 22 nitrogen and oxygen atoms in total. The van der Waals surface area contributed by atoms with Gasteiger partial charge in [0.15, 0.2) is 12.6 Å². The molecule has 0 radical (unpaired) electrons. The van der Waals surface area contributed by atoms with Gasteiger partial charge in [-0.3, -0.25) is 9.59 Å². The van der Waals surface area contributed by atoms with Crippen molar-refractivity contribution in [1.82, 2.24) is 10.6 Å². The van der Waals surface area contributed by atoms with Gasteiger partial charge in [0.1, 0.15) is 73.7 Å². The zero-order valence-corrected chi connectivity index (χ0v) is 24.8. The summed E-state index contributed by atoms with van der Waals surface area (Å²) in [4.78, 5) is 35.8. The van der Waals surface area contributed by atoms with E-state index in [-0.39, 0.29) is 0 Å². The molecular weight excluding hydrogens is 648 g/mol. The van der Waals surface area contributed by atoms with Crippen molar-refractivity contribution in [1.29, 1.82) is 0 Å². The van der Waals surface area contributed by atoms with Gasteiger partial charge in [0.05, 0.1) is 32.0 Å². The molecule has 3 rings (SSSR count). The number of nitrogens with one attached hydrogen (secondary N) is 2. The Bertz CT molecular complexity index is 1070. The topological polar surface area (TPSA) is 364 Å². The van der Waals surface area contributed by atoms with Crippen LogP contribution in [0.3, 0.4) is 0 Å². The molecule has 3 heterocycles. The minimum absolute atomic E-state index is 0.687. The van der Waals surface area contributed by atoms with Crippen molar-refractivity contribution >= 4 is 17.8 Å². The fourth-order valence-corrected chi connectivity index (χ4v) is 5.45. The van der Waals surface area contributed by atoms with E-state index < -0.39 is 148 Å². The first-order valence-electron chi connectivity index (χ1n) is 14.4. The van der Waals surface area contributed by atoms with Crippen LogP contribution in [0.4, 0.5) is 0 Å². The summed E-state index contributed by atoms with van der Waals surface area (Å²) in [6.07, 6.45) is -25.5. The van der Waals surface area contributed by atoms with Crippen LogP contribution in [0.1, 0.15) is 13.3 Å². The summed E-state index contributed by atoms with van der Waals surface area (Å²) in [6.45, 7) is -2.94. The molecule has 16 atom stereocenters. The lowest BCUT2D eigenvalue weighted by Gasteiger charge is -2.48. The Labute approximate surface area is 265 Å². The van der Waals surface area contributed by atoms with E-state index in [9.17, 15) is 70.6 Å². The van der Waals surface area contributed by atoms with Crippen LogP contribution in [0, 0.1) is 0 Å². The van der Waals surface area contributed by atoms with Crippen LogP contribution in [0.2, 0.25) is 0 Å². The van der Waals surface area contributed by atoms with Gasteiger partial charge >= 0.3 is 5.97 Å². The number of carboxylic acid groups (broad SMARTS) is 1. The van der Waals surface area contributed by atoms with Crippen molar-refractivity contribution in [3.05, 3.63) is 0 Å². The standard InChI is InChI=1S/C25H42N2O20/c1-7(31)26-14-17(37)20(10(4-29)44-22(14)40)46-23-19(39)18(38)16(36)11(45-23)6-43-25(24(41)42)2-8(32)13(27-12(34)5-30)21(47-25)15(35)9(33)3-28/h8-11,13-23,28-30,32-33,35-40H,2-6H2,1H3,(H,26,31)(H,27,34)(H,41,42)/t8-,9+,10+,11+,13+,14+,15+,16-,17+,18-,19+,20+,21+,22+,23-,25-/m0/s1. The van der Waals surface area contributed by atoms with E-state index in [4.69, 9.17) is 28.8 Å². The Morgan fingerprint density at radius 2 is 1.55 bits per heavy atom. The van der Waals surface area contributed by atoms with E-state index in [1.807, 2.05) is 0 Å². The summed E-state index contributed by atoms with van der Waals surface area (Å²) in [5, 5.41) is 126. The lowest BCUT2D eigenvalue weighted by molar-refractivity contribution is -0.358. The molecule has 2 amide bonds. The lowest BCUT2D eigenvalue weighted by Crippen LogP contribution is -2.69. The highest BCUT2D eigenvalue weighted by atomic mass is 16.8. The van der Waals surface area contributed by atoms with Crippen LogP contribution in [-0.2, 0) is 38.1 Å². The molecule has 0 aliphatic carbocycles. The number of amides is 2. The van der Waals surface area contributed by atoms with Gasteiger partial charge < -0.3 is 95.6 Å². The van der Waals surface area contributed by atoms with Crippen LogP contribution in [0.15, 0.2) is 0 Å². The molecule has 3 aliphatic heterocycles. The van der Waals surface area contributed by atoms with E-state index >= 15 is 0 Å². The van der Waals surface area contributed by atoms with Crippen molar-refractivity contribution in [2.45, 2.75) is 111 Å². The summed E-state index contributed by atoms with van der Waals surface area (Å²) in [5.41, 5.74) is 0. The smallest absolute Gasteiger partial charge is 0.364 e. The zero-order chi connectivity index (χ0) is 35.4. The number of carbonyl (C=O) groups excluding carboxylic acids is 2. The normalized spacial score (nSPS) is 42.3. The first kappa shape index (κ1) is 39.2. The minimum Gasteiger partial charge on any atom is -0.477 e. The monoisotopic (exact) mass is 690 g/mol. The molecule has 14 N–H and O–H groups in total. The Balaban J connectivity index is 1.83. The van der Waals surface area contributed by atoms with Crippen LogP contribution in [0.5, 0.6) is 0 Å². The molecule has 47 heavy (non-hydrogen) atoms. The first-order valence-corrected chi connectivity index (χ1v) is 14.4. The van der Waals surface area contributed by atoms with Crippen LogP contribution in [0.25, 0.3) is 0 Å². The van der Waals surface area contributed by atoms with E-state index in [1.54, 1.807) is 0 Å². The average Bonchev–Trinajstić information content (AvgIpc) is 3.03. The highest BCUT2D eigenvalue weighted by Gasteiger charge is 2.57. The predicted octanol–water partition coefficient (Wildman–Crippen LogP) is -9.11. The molecular formula is C25H42N2O20. The van der Waals surface area contributed by atoms with Crippen molar-refractivity contribution in [2.24, 2.45) is 0 Å². The maximum atomic E-state index is 12.4. The van der Waals surface area contributed by atoms with Gasteiger partial charge in [-0.2, -0.15) is 0 Å². The van der Waals surface area contributed by atoms with E-state index in [0.29, 0.717) is 0 Å². The summed E-state index contributed by atoms with van der Waals surface area (Å²) >= 11 is 0. The number of aliphatic hydroxyl groups is 11. The fourth-order valence-electron chi connectivity index (χ4n) is 5.45. The average molecular weight is 691 g/mol. The third-order valence-electron chi connectivity index (χ3n) is 7.97. The van der Waals surface area contributed by atoms with Gasteiger partial charge in [0.25, 0.3) is 5.79 Å². The summed E-state index contributed by atoms with van der Waals surface area (Å²) in [6, 6.07) is -3.13. The van der Waals surface area contributed by atoms with Gasteiger partial charge in [0, 0.05) is 13.3 Å². The molecule has 0 aromatic heterocycles. The molecule has 0 saturated carbocycles. The van der Waals surface area contributed by atoms with Gasteiger partial charge in [0.2, 0.25) is 11.8 Å². The second-order valence-corrected chi connectivity index (χ2v) is 11.3. The molecule has 0 bridgehead atoms. The van der Waals surface area contributed by atoms with Gasteiger partial charge in [-0.1, -0.05) is 0 Å². The highest BCUT2D eigenvalue weighted by Crippen LogP contribution is 2.35. The molecule has 0 aromatic carbocycles. The SMILES string of the molecule is CC(=O)N[C@@H]1[C@@H](O)[C@H](O[C@@H]2O[C@H](CO[C@@]3(C(=O)O)C[C@H](O)[C@@H](NC(=O)CO)[C@H]([C@H](O)[C@H](O)CO)O3)[C@H](O)[C@H](O)[C@H]2O)[C@@H](CO)O[C@H]1O.